The molecule has 126 valence electrons. The van der Waals surface area contributed by atoms with E-state index in [1.54, 1.807) is 0 Å². The number of benzene rings is 3. The fraction of sp³-hybridized carbons (Fsp3) is 0.182. The lowest BCUT2D eigenvalue weighted by molar-refractivity contribution is 0.453. The first kappa shape index (κ1) is 16.0. The zero-order chi connectivity index (χ0) is 17.6. The van der Waals surface area contributed by atoms with Gasteiger partial charge in [-0.05, 0) is 36.2 Å². The van der Waals surface area contributed by atoms with Gasteiger partial charge in [0.05, 0.1) is 0 Å². The molecule has 25 heavy (non-hydrogen) atoms. The van der Waals surface area contributed by atoms with Crippen molar-refractivity contribution < 1.29 is 4.74 Å². The van der Waals surface area contributed by atoms with Crippen LogP contribution in [0.4, 0.5) is 5.69 Å². The van der Waals surface area contributed by atoms with Crippen LogP contribution >= 0.6 is 11.6 Å². The first-order valence-electron chi connectivity index (χ1n) is 8.38. The summed E-state index contributed by atoms with van der Waals surface area (Å²) in [5.41, 5.74) is 6.04. The van der Waals surface area contributed by atoms with Gasteiger partial charge in [-0.25, -0.2) is 0 Å². The Bertz CT molecular complexity index is 949. The minimum atomic E-state index is 0.147. The molecule has 0 radical (unpaired) electrons. The van der Waals surface area contributed by atoms with Crippen molar-refractivity contribution in [2.24, 2.45) is 0 Å². The summed E-state index contributed by atoms with van der Waals surface area (Å²) in [7, 11) is 4.07. The first-order valence-corrected chi connectivity index (χ1v) is 8.76. The van der Waals surface area contributed by atoms with Gasteiger partial charge < -0.3 is 9.64 Å². The van der Waals surface area contributed by atoms with Gasteiger partial charge in [0.1, 0.15) is 11.5 Å². The molecule has 1 aliphatic heterocycles. The number of rotatable bonds is 2. The Morgan fingerprint density at radius 2 is 1.52 bits per heavy atom. The van der Waals surface area contributed by atoms with Crippen LogP contribution in [-0.4, -0.2) is 14.1 Å². The molecule has 1 unspecified atom stereocenters. The monoisotopic (exact) mass is 349 g/mol. The van der Waals surface area contributed by atoms with E-state index in [-0.39, 0.29) is 5.92 Å². The molecule has 0 aliphatic carbocycles. The lowest BCUT2D eigenvalue weighted by Crippen LogP contribution is -2.14. The van der Waals surface area contributed by atoms with Crippen LogP contribution in [0.15, 0.2) is 60.7 Å². The third kappa shape index (κ3) is 2.77. The van der Waals surface area contributed by atoms with Crippen molar-refractivity contribution >= 4 is 17.3 Å². The van der Waals surface area contributed by atoms with Gasteiger partial charge in [-0.3, -0.25) is 0 Å². The average Bonchev–Trinajstić information content (AvgIpc) is 2.59. The maximum Gasteiger partial charge on any atom is 0.133 e. The van der Waals surface area contributed by atoms with Crippen LogP contribution in [0.1, 0.15) is 28.2 Å². The molecule has 0 spiro atoms. The Hall–Kier alpha value is -2.45. The smallest absolute Gasteiger partial charge is 0.133 e. The van der Waals surface area contributed by atoms with Crippen molar-refractivity contribution in [3.8, 4) is 11.5 Å². The molecule has 0 saturated heterocycles. The normalized spacial score (nSPS) is 15.1. The molecule has 1 atom stereocenters. The number of hydrogen-bond donors (Lipinski definition) is 0. The summed E-state index contributed by atoms with van der Waals surface area (Å²) >= 11 is 6.22. The van der Waals surface area contributed by atoms with E-state index in [1.165, 1.54) is 16.7 Å². The summed E-state index contributed by atoms with van der Waals surface area (Å²) in [4.78, 5) is 2.08. The summed E-state index contributed by atoms with van der Waals surface area (Å²) in [6.07, 6.45) is 0. The first-order chi connectivity index (χ1) is 12.0. The van der Waals surface area contributed by atoms with Crippen molar-refractivity contribution in [3.63, 3.8) is 0 Å². The summed E-state index contributed by atoms with van der Waals surface area (Å²) < 4.78 is 6.23. The predicted octanol–water partition coefficient (Wildman–Crippen LogP) is 6.00. The Morgan fingerprint density at radius 3 is 2.24 bits per heavy atom. The number of hydrogen-bond acceptors (Lipinski definition) is 2. The number of ether oxygens (including phenoxy) is 1. The fourth-order valence-corrected chi connectivity index (χ4v) is 3.66. The van der Waals surface area contributed by atoms with Gasteiger partial charge in [0, 0.05) is 47.9 Å². The Morgan fingerprint density at radius 1 is 0.840 bits per heavy atom. The van der Waals surface area contributed by atoms with E-state index in [2.05, 4.69) is 60.4 Å². The lowest BCUT2D eigenvalue weighted by Gasteiger charge is -2.30. The molecule has 4 rings (SSSR count). The van der Waals surface area contributed by atoms with E-state index in [0.29, 0.717) is 5.02 Å². The predicted molar refractivity (Wildman–Crippen MR) is 104 cm³/mol. The molecular formula is C22H20ClNO. The molecule has 0 fully saturated rings. The van der Waals surface area contributed by atoms with Crippen LogP contribution in [0, 0.1) is 6.92 Å². The van der Waals surface area contributed by atoms with Gasteiger partial charge in [-0.2, -0.15) is 0 Å². The van der Waals surface area contributed by atoms with Gasteiger partial charge in [-0.15, -0.1) is 0 Å². The molecule has 0 N–H and O–H groups in total. The highest BCUT2D eigenvalue weighted by Gasteiger charge is 2.30. The maximum absolute atomic E-state index is 6.23. The highest BCUT2D eigenvalue weighted by molar-refractivity contribution is 6.30. The topological polar surface area (TPSA) is 12.5 Å². The van der Waals surface area contributed by atoms with Crippen LogP contribution in [0.3, 0.4) is 0 Å². The van der Waals surface area contributed by atoms with E-state index in [0.717, 1.165) is 22.7 Å². The lowest BCUT2D eigenvalue weighted by atomic mass is 9.81. The largest absolute Gasteiger partial charge is 0.457 e. The van der Waals surface area contributed by atoms with Crippen LogP contribution < -0.4 is 9.64 Å². The summed E-state index contributed by atoms with van der Waals surface area (Å²) in [6, 6.07) is 20.9. The summed E-state index contributed by atoms with van der Waals surface area (Å²) in [6.45, 7) is 2.16. The van der Waals surface area contributed by atoms with Crippen molar-refractivity contribution in [2.45, 2.75) is 12.8 Å². The average molecular weight is 350 g/mol. The van der Waals surface area contributed by atoms with Gasteiger partial charge >= 0.3 is 0 Å². The highest BCUT2D eigenvalue weighted by atomic mass is 35.5. The van der Waals surface area contributed by atoms with Crippen LogP contribution in [0.2, 0.25) is 5.02 Å². The Kier molecular flexibility index (Phi) is 3.93. The summed E-state index contributed by atoms with van der Waals surface area (Å²) in [5.74, 6) is 1.88. The van der Waals surface area contributed by atoms with Crippen molar-refractivity contribution in [1.29, 1.82) is 0 Å². The molecule has 1 aliphatic rings. The second kappa shape index (κ2) is 6.12. The number of fused-ring (bicyclic) bond motifs is 2. The molecule has 2 nitrogen and oxygen atoms in total. The van der Waals surface area contributed by atoms with E-state index in [9.17, 15) is 0 Å². The minimum Gasteiger partial charge on any atom is -0.457 e. The standard InChI is InChI=1S/C22H20ClNO/c1-14-6-4-5-7-17(14)22-18-10-8-15(23)12-20(18)25-21-13-16(24(2)3)9-11-19(21)22/h4-13,22H,1-3H3. The quantitative estimate of drug-likeness (QED) is 0.440. The Balaban J connectivity index is 1.96. The minimum absolute atomic E-state index is 0.147. The van der Waals surface area contributed by atoms with Gasteiger partial charge in [-0.1, -0.05) is 48.0 Å². The zero-order valence-electron chi connectivity index (χ0n) is 14.6. The van der Waals surface area contributed by atoms with E-state index in [1.807, 2.05) is 26.2 Å². The summed E-state index contributed by atoms with van der Waals surface area (Å²) in [5, 5.41) is 0.689. The third-order valence-corrected chi connectivity index (χ3v) is 5.07. The van der Waals surface area contributed by atoms with Crippen LogP contribution in [-0.2, 0) is 0 Å². The van der Waals surface area contributed by atoms with Crippen LogP contribution in [0.5, 0.6) is 11.5 Å². The SMILES string of the molecule is Cc1ccccc1C1c2ccc(Cl)cc2Oc2cc(N(C)C)ccc21. The number of aryl methyl sites for hydroxylation is 1. The van der Waals surface area contributed by atoms with E-state index in [4.69, 9.17) is 16.3 Å². The number of nitrogens with zero attached hydrogens (tertiary/aromatic N) is 1. The van der Waals surface area contributed by atoms with Crippen molar-refractivity contribution in [1.82, 2.24) is 0 Å². The number of anilines is 1. The third-order valence-electron chi connectivity index (χ3n) is 4.83. The molecule has 3 heteroatoms. The van der Waals surface area contributed by atoms with Crippen molar-refractivity contribution in [3.05, 3.63) is 87.9 Å². The molecule has 0 saturated carbocycles. The molecule has 0 aromatic heterocycles. The van der Waals surface area contributed by atoms with Gasteiger partial charge in [0.15, 0.2) is 0 Å². The fourth-order valence-electron chi connectivity index (χ4n) is 3.49. The molecule has 0 amide bonds. The maximum atomic E-state index is 6.23. The molecular weight excluding hydrogens is 330 g/mol. The second-order valence-corrected chi connectivity index (χ2v) is 7.13. The molecule has 3 aromatic carbocycles. The molecule has 3 aromatic rings. The second-order valence-electron chi connectivity index (χ2n) is 6.69. The molecule has 0 bridgehead atoms. The van der Waals surface area contributed by atoms with Crippen molar-refractivity contribution in [2.75, 3.05) is 19.0 Å². The van der Waals surface area contributed by atoms with E-state index >= 15 is 0 Å². The van der Waals surface area contributed by atoms with Gasteiger partial charge in [0.25, 0.3) is 0 Å². The molecule has 1 heterocycles. The van der Waals surface area contributed by atoms with E-state index < -0.39 is 0 Å². The Labute approximate surface area is 153 Å². The number of halogens is 1. The zero-order valence-corrected chi connectivity index (χ0v) is 15.3. The highest BCUT2D eigenvalue weighted by Crippen LogP contribution is 2.49. The van der Waals surface area contributed by atoms with Gasteiger partial charge in [0.2, 0.25) is 0 Å². The van der Waals surface area contributed by atoms with Crippen LogP contribution in [0.25, 0.3) is 0 Å².